The molecule has 0 radical (unpaired) electrons. The lowest BCUT2D eigenvalue weighted by atomic mass is 9.88. The second-order valence-corrected chi connectivity index (χ2v) is 5.69. The van der Waals surface area contributed by atoms with E-state index in [4.69, 9.17) is 4.74 Å². The van der Waals surface area contributed by atoms with Crippen LogP contribution in [-0.4, -0.2) is 42.2 Å². The molecular weight excluding hydrogens is 284 g/mol. The molecule has 0 saturated carbocycles. The summed E-state index contributed by atoms with van der Waals surface area (Å²) in [5.74, 6) is 0.411. The Morgan fingerprint density at radius 2 is 2.00 bits per heavy atom. The predicted molar refractivity (Wildman–Crippen MR) is 79.9 cm³/mol. The van der Waals surface area contributed by atoms with Crippen LogP contribution in [0.1, 0.15) is 30.1 Å². The van der Waals surface area contributed by atoms with Crippen LogP contribution in [-0.2, 0) is 9.59 Å². The first-order valence-corrected chi connectivity index (χ1v) is 7.41. The predicted octanol–water partition coefficient (Wildman–Crippen LogP) is 1.46. The zero-order valence-corrected chi connectivity index (χ0v) is 12.4. The zero-order chi connectivity index (χ0) is 15.7. The van der Waals surface area contributed by atoms with Gasteiger partial charge in [0.15, 0.2) is 12.4 Å². The van der Waals surface area contributed by atoms with E-state index in [9.17, 15) is 14.4 Å². The molecule has 6 heteroatoms. The van der Waals surface area contributed by atoms with Gasteiger partial charge in [-0.3, -0.25) is 14.4 Å². The van der Waals surface area contributed by atoms with E-state index in [-0.39, 0.29) is 30.1 Å². The van der Waals surface area contributed by atoms with E-state index in [2.05, 4.69) is 5.32 Å². The minimum absolute atomic E-state index is 0.00377. The number of piperidine rings is 1. The van der Waals surface area contributed by atoms with Crippen molar-refractivity contribution >= 4 is 23.3 Å². The monoisotopic (exact) mass is 302 g/mol. The summed E-state index contributed by atoms with van der Waals surface area (Å²) >= 11 is 0. The van der Waals surface area contributed by atoms with E-state index in [1.54, 1.807) is 30.0 Å². The molecular formula is C16H18N2O4. The van der Waals surface area contributed by atoms with E-state index in [1.165, 1.54) is 0 Å². The van der Waals surface area contributed by atoms with Gasteiger partial charge in [0.25, 0.3) is 5.91 Å². The smallest absolute Gasteiger partial charge is 0.262 e. The second kappa shape index (κ2) is 5.79. The summed E-state index contributed by atoms with van der Waals surface area (Å²) in [5.41, 5.74) is 1.12. The maximum atomic E-state index is 12.6. The number of amides is 2. The molecule has 1 aromatic rings. The summed E-state index contributed by atoms with van der Waals surface area (Å²) in [6, 6.07) is 5.12. The zero-order valence-electron chi connectivity index (χ0n) is 12.4. The molecule has 22 heavy (non-hydrogen) atoms. The van der Waals surface area contributed by atoms with Crippen LogP contribution in [0, 0.1) is 5.92 Å². The number of nitrogens with one attached hydrogen (secondary N) is 1. The molecule has 2 aliphatic rings. The molecule has 0 aromatic heterocycles. The van der Waals surface area contributed by atoms with E-state index < -0.39 is 0 Å². The lowest BCUT2D eigenvalue weighted by Gasteiger charge is -2.30. The first-order valence-electron chi connectivity index (χ1n) is 7.41. The Bertz CT molecular complexity index is 633. The van der Waals surface area contributed by atoms with Gasteiger partial charge in [0.1, 0.15) is 5.75 Å². The van der Waals surface area contributed by atoms with Crippen molar-refractivity contribution in [3.05, 3.63) is 23.8 Å². The van der Waals surface area contributed by atoms with Crippen LogP contribution in [0.3, 0.4) is 0 Å². The Labute approximate surface area is 128 Å². The highest BCUT2D eigenvalue weighted by atomic mass is 16.5. The van der Waals surface area contributed by atoms with E-state index in [0.717, 1.165) is 0 Å². The highest BCUT2D eigenvalue weighted by Crippen LogP contribution is 2.30. The van der Waals surface area contributed by atoms with Crippen LogP contribution < -0.4 is 10.1 Å². The Kier molecular flexibility index (Phi) is 3.83. The van der Waals surface area contributed by atoms with Gasteiger partial charge in [0, 0.05) is 31.5 Å². The minimum Gasteiger partial charge on any atom is -0.482 e. The number of nitrogens with zero attached hydrogens (tertiary/aromatic N) is 1. The Morgan fingerprint density at radius 3 is 2.68 bits per heavy atom. The summed E-state index contributed by atoms with van der Waals surface area (Å²) in [6.07, 6.45) is 1.36. The summed E-state index contributed by atoms with van der Waals surface area (Å²) < 4.78 is 5.29. The number of Topliss-reactive ketones (excluding diaryl/α,β-unsaturated/α-hetero) is 1. The van der Waals surface area contributed by atoms with Crippen molar-refractivity contribution in [1.29, 1.82) is 0 Å². The standard InChI is InChI=1S/C16H18N2O4/c1-10(19)18-6-4-11(5-7-18)16(21)12-2-3-14-13(8-12)17-15(20)9-22-14/h2-3,8,11H,4-7,9H2,1H3,(H,17,20). The topological polar surface area (TPSA) is 75.7 Å². The van der Waals surface area contributed by atoms with Gasteiger partial charge in [0.05, 0.1) is 5.69 Å². The summed E-state index contributed by atoms with van der Waals surface area (Å²) in [4.78, 5) is 37.0. The molecule has 3 rings (SSSR count). The molecule has 0 bridgehead atoms. The van der Waals surface area contributed by atoms with Crippen molar-refractivity contribution < 1.29 is 19.1 Å². The van der Waals surface area contributed by atoms with E-state index in [0.29, 0.717) is 42.9 Å². The fraction of sp³-hybridized carbons (Fsp3) is 0.438. The third-order valence-electron chi connectivity index (χ3n) is 4.21. The Morgan fingerprint density at radius 1 is 1.27 bits per heavy atom. The average molecular weight is 302 g/mol. The van der Waals surface area contributed by atoms with Gasteiger partial charge in [-0.1, -0.05) is 0 Å². The lowest BCUT2D eigenvalue weighted by molar-refractivity contribution is -0.130. The van der Waals surface area contributed by atoms with Crippen molar-refractivity contribution in [2.75, 3.05) is 25.0 Å². The first-order chi connectivity index (χ1) is 10.5. The van der Waals surface area contributed by atoms with Gasteiger partial charge in [0.2, 0.25) is 5.91 Å². The number of ketones is 1. The largest absolute Gasteiger partial charge is 0.482 e. The average Bonchev–Trinajstić information content (AvgIpc) is 2.53. The number of hydrogen-bond acceptors (Lipinski definition) is 4. The van der Waals surface area contributed by atoms with Crippen LogP contribution >= 0.6 is 0 Å². The van der Waals surface area contributed by atoms with Crippen molar-refractivity contribution in [1.82, 2.24) is 4.90 Å². The minimum atomic E-state index is -0.216. The van der Waals surface area contributed by atoms with Crippen LogP contribution in [0.5, 0.6) is 5.75 Å². The van der Waals surface area contributed by atoms with E-state index in [1.807, 2.05) is 0 Å². The molecule has 0 atom stereocenters. The van der Waals surface area contributed by atoms with Crippen LogP contribution in [0.25, 0.3) is 0 Å². The second-order valence-electron chi connectivity index (χ2n) is 5.69. The summed E-state index contributed by atoms with van der Waals surface area (Å²) in [7, 11) is 0. The molecule has 0 unspecified atom stereocenters. The van der Waals surface area contributed by atoms with Crippen molar-refractivity contribution in [3.63, 3.8) is 0 Å². The van der Waals surface area contributed by atoms with Gasteiger partial charge in [-0.15, -0.1) is 0 Å². The maximum absolute atomic E-state index is 12.6. The normalized spacial score (nSPS) is 18.2. The Hall–Kier alpha value is -2.37. The molecule has 1 aromatic carbocycles. The lowest BCUT2D eigenvalue weighted by Crippen LogP contribution is -2.39. The fourth-order valence-corrected chi connectivity index (χ4v) is 2.93. The number of ether oxygens (including phenoxy) is 1. The molecule has 2 amide bonds. The van der Waals surface area contributed by atoms with Crippen molar-refractivity contribution in [2.45, 2.75) is 19.8 Å². The molecule has 2 aliphatic heterocycles. The molecule has 1 N–H and O–H groups in total. The third-order valence-corrected chi connectivity index (χ3v) is 4.21. The van der Waals surface area contributed by atoms with Gasteiger partial charge in [-0.05, 0) is 31.0 Å². The number of likely N-dealkylation sites (tertiary alicyclic amines) is 1. The number of carbonyl (C=O) groups excluding carboxylic acids is 3. The van der Waals surface area contributed by atoms with Gasteiger partial charge < -0.3 is 15.0 Å². The first kappa shape index (κ1) is 14.6. The number of carbonyl (C=O) groups is 3. The van der Waals surface area contributed by atoms with Crippen molar-refractivity contribution in [3.8, 4) is 5.75 Å². The number of fused-ring (bicyclic) bond motifs is 1. The van der Waals surface area contributed by atoms with Gasteiger partial charge in [-0.25, -0.2) is 0 Å². The summed E-state index contributed by atoms with van der Waals surface area (Å²) in [5, 5.41) is 2.71. The molecule has 1 fully saturated rings. The maximum Gasteiger partial charge on any atom is 0.262 e. The molecule has 6 nitrogen and oxygen atoms in total. The molecule has 0 aliphatic carbocycles. The summed E-state index contributed by atoms with van der Waals surface area (Å²) in [6.45, 7) is 2.80. The number of anilines is 1. The molecule has 116 valence electrons. The molecule has 0 spiro atoms. The highest BCUT2D eigenvalue weighted by Gasteiger charge is 2.27. The van der Waals surface area contributed by atoms with Gasteiger partial charge >= 0.3 is 0 Å². The van der Waals surface area contributed by atoms with Gasteiger partial charge in [-0.2, -0.15) is 0 Å². The van der Waals surface area contributed by atoms with Crippen LogP contribution in [0.2, 0.25) is 0 Å². The molecule has 2 heterocycles. The highest BCUT2D eigenvalue weighted by molar-refractivity contribution is 6.01. The van der Waals surface area contributed by atoms with Crippen LogP contribution in [0.15, 0.2) is 18.2 Å². The Balaban J connectivity index is 1.72. The van der Waals surface area contributed by atoms with Crippen LogP contribution in [0.4, 0.5) is 5.69 Å². The number of hydrogen-bond donors (Lipinski definition) is 1. The van der Waals surface area contributed by atoms with Crippen molar-refractivity contribution in [2.24, 2.45) is 5.92 Å². The molecule has 1 saturated heterocycles. The fourth-order valence-electron chi connectivity index (χ4n) is 2.93. The third kappa shape index (κ3) is 2.81. The quantitative estimate of drug-likeness (QED) is 0.839. The number of rotatable bonds is 2. The van der Waals surface area contributed by atoms with E-state index >= 15 is 0 Å². The SMILES string of the molecule is CC(=O)N1CCC(C(=O)c2ccc3c(c2)NC(=O)CO3)CC1. The number of benzene rings is 1.